The van der Waals surface area contributed by atoms with Crippen LogP contribution in [0.3, 0.4) is 0 Å². The fraction of sp³-hybridized carbons (Fsp3) is 0.217. The van der Waals surface area contributed by atoms with Gasteiger partial charge in [-0.3, -0.25) is 0 Å². The zero-order valence-electron chi connectivity index (χ0n) is 16.2. The minimum atomic E-state index is -3.78. The van der Waals surface area contributed by atoms with E-state index in [1.807, 2.05) is 62.4 Å². The van der Waals surface area contributed by atoms with E-state index in [0.29, 0.717) is 5.75 Å². The molecule has 2 aliphatic heterocycles. The molecule has 148 valence electrons. The van der Waals surface area contributed by atoms with Crippen LogP contribution in [0.15, 0.2) is 77.7 Å². The maximum Gasteiger partial charge on any atom is 0.253 e. The van der Waals surface area contributed by atoms with E-state index in [4.69, 9.17) is 9.47 Å². The van der Waals surface area contributed by atoms with Gasteiger partial charge >= 0.3 is 0 Å². The number of aryl methyl sites for hydroxylation is 2. The molecule has 0 aliphatic carbocycles. The lowest BCUT2D eigenvalue weighted by Gasteiger charge is -2.34. The lowest BCUT2D eigenvalue weighted by atomic mass is 10.0. The van der Waals surface area contributed by atoms with Gasteiger partial charge in [0.1, 0.15) is 5.75 Å². The quantitative estimate of drug-likeness (QED) is 0.651. The van der Waals surface area contributed by atoms with Gasteiger partial charge in [0, 0.05) is 11.1 Å². The fourth-order valence-corrected chi connectivity index (χ4v) is 5.42. The van der Waals surface area contributed by atoms with Gasteiger partial charge in [-0.1, -0.05) is 60.2 Å². The Labute approximate surface area is 170 Å². The number of benzene rings is 3. The van der Waals surface area contributed by atoms with Crippen molar-refractivity contribution in [3.8, 4) is 5.75 Å². The summed E-state index contributed by atoms with van der Waals surface area (Å²) in [6.45, 7) is 3.99. The van der Waals surface area contributed by atoms with Gasteiger partial charge in [0.25, 0.3) is 5.79 Å². The standard InChI is InChI=1S/C23H21NO4S/c1-16-8-11-19(12-9-16)29(25,26)24-15-23(18-6-4-3-5-7-18)27-21-14-17(2)10-13-20(21)22(24)28-23/h3-14,22H,15H2,1-2H3/t22-,23+/m1/s1. The molecule has 0 unspecified atom stereocenters. The summed E-state index contributed by atoms with van der Waals surface area (Å²) in [6, 6.07) is 22.1. The first-order valence-electron chi connectivity index (χ1n) is 9.50. The largest absolute Gasteiger partial charge is 0.456 e. The van der Waals surface area contributed by atoms with E-state index in [0.717, 1.165) is 22.3 Å². The molecule has 3 aromatic carbocycles. The molecule has 2 heterocycles. The van der Waals surface area contributed by atoms with Crippen molar-refractivity contribution in [2.45, 2.75) is 30.8 Å². The normalized spacial score (nSPS) is 23.4. The minimum absolute atomic E-state index is 0.0750. The summed E-state index contributed by atoms with van der Waals surface area (Å²) in [6.07, 6.45) is -0.745. The monoisotopic (exact) mass is 407 g/mol. The van der Waals surface area contributed by atoms with Crippen LogP contribution in [0.2, 0.25) is 0 Å². The van der Waals surface area contributed by atoms with Crippen LogP contribution in [0, 0.1) is 13.8 Å². The Morgan fingerprint density at radius 3 is 2.34 bits per heavy atom. The Bertz CT molecular complexity index is 1180. The molecule has 0 aromatic heterocycles. The molecule has 0 spiro atoms. The molecule has 2 bridgehead atoms. The number of sulfonamides is 1. The van der Waals surface area contributed by atoms with Crippen molar-refractivity contribution < 1.29 is 17.9 Å². The topological polar surface area (TPSA) is 55.8 Å². The van der Waals surface area contributed by atoms with E-state index in [2.05, 4.69) is 0 Å². The maximum atomic E-state index is 13.5. The van der Waals surface area contributed by atoms with Gasteiger partial charge in [0.2, 0.25) is 10.0 Å². The Balaban J connectivity index is 1.66. The van der Waals surface area contributed by atoms with Crippen LogP contribution in [0.5, 0.6) is 5.75 Å². The Hall–Kier alpha value is -2.67. The van der Waals surface area contributed by atoms with Gasteiger partial charge in [-0.2, -0.15) is 4.31 Å². The first kappa shape index (κ1) is 18.4. The molecule has 1 fully saturated rings. The first-order valence-corrected chi connectivity index (χ1v) is 10.9. The number of hydrogen-bond acceptors (Lipinski definition) is 4. The third-order valence-corrected chi connectivity index (χ3v) is 7.28. The molecule has 1 saturated heterocycles. The summed E-state index contributed by atoms with van der Waals surface area (Å²) in [5, 5.41) is 0. The lowest BCUT2D eigenvalue weighted by Crippen LogP contribution is -2.39. The van der Waals surface area contributed by atoms with Crippen molar-refractivity contribution in [3.63, 3.8) is 0 Å². The van der Waals surface area contributed by atoms with Crippen molar-refractivity contribution >= 4 is 10.0 Å². The van der Waals surface area contributed by atoms with Crippen molar-refractivity contribution in [2.75, 3.05) is 6.54 Å². The molecule has 6 heteroatoms. The van der Waals surface area contributed by atoms with Crippen molar-refractivity contribution in [2.24, 2.45) is 0 Å². The van der Waals surface area contributed by atoms with E-state index in [9.17, 15) is 8.42 Å². The smallest absolute Gasteiger partial charge is 0.253 e. The highest BCUT2D eigenvalue weighted by Gasteiger charge is 2.57. The number of hydrogen-bond donors (Lipinski definition) is 0. The summed E-state index contributed by atoms with van der Waals surface area (Å²) in [7, 11) is -3.78. The second-order valence-corrected chi connectivity index (χ2v) is 9.49. The van der Waals surface area contributed by atoms with Gasteiger partial charge in [-0.15, -0.1) is 0 Å². The van der Waals surface area contributed by atoms with E-state index in [1.165, 1.54) is 4.31 Å². The number of rotatable bonds is 3. The van der Waals surface area contributed by atoms with E-state index in [-0.39, 0.29) is 11.4 Å². The first-order chi connectivity index (χ1) is 13.9. The molecule has 0 saturated carbocycles. The van der Waals surface area contributed by atoms with Crippen molar-refractivity contribution in [1.29, 1.82) is 0 Å². The van der Waals surface area contributed by atoms with Gasteiger partial charge < -0.3 is 9.47 Å². The molecular formula is C23H21NO4S. The highest BCUT2D eigenvalue weighted by molar-refractivity contribution is 7.89. The van der Waals surface area contributed by atoms with Gasteiger partial charge in [0.05, 0.1) is 11.4 Å². The predicted molar refractivity (Wildman–Crippen MR) is 109 cm³/mol. The Kier molecular flexibility index (Phi) is 4.07. The lowest BCUT2D eigenvalue weighted by molar-refractivity contribution is -0.194. The average molecular weight is 407 g/mol. The van der Waals surface area contributed by atoms with E-state index in [1.54, 1.807) is 24.3 Å². The Morgan fingerprint density at radius 2 is 1.62 bits per heavy atom. The molecule has 2 atom stereocenters. The predicted octanol–water partition coefficient (Wildman–Crippen LogP) is 4.27. The van der Waals surface area contributed by atoms with E-state index >= 15 is 0 Å². The number of ether oxygens (including phenoxy) is 2. The van der Waals surface area contributed by atoms with Crippen LogP contribution in [-0.4, -0.2) is 19.3 Å². The molecule has 3 aromatic rings. The molecule has 2 aliphatic rings. The Morgan fingerprint density at radius 1 is 0.931 bits per heavy atom. The zero-order valence-corrected chi connectivity index (χ0v) is 17.0. The highest BCUT2D eigenvalue weighted by atomic mass is 32.2. The molecule has 0 radical (unpaired) electrons. The van der Waals surface area contributed by atoms with Crippen molar-refractivity contribution in [1.82, 2.24) is 4.31 Å². The summed E-state index contributed by atoms with van der Waals surface area (Å²) in [4.78, 5) is 0.246. The third kappa shape index (κ3) is 2.87. The van der Waals surface area contributed by atoms with Crippen molar-refractivity contribution in [3.05, 3.63) is 95.1 Å². The summed E-state index contributed by atoms with van der Waals surface area (Å²) in [5.74, 6) is -0.517. The maximum absolute atomic E-state index is 13.5. The zero-order chi connectivity index (χ0) is 20.2. The van der Waals surface area contributed by atoms with Gasteiger partial charge in [0.15, 0.2) is 6.23 Å². The minimum Gasteiger partial charge on any atom is -0.456 e. The molecular weight excluding hydrogens is 386 g/mol. The molecule has 5 rings (SSSR count). The van der Waals surface area contributed by atoms with Crippen LogP contribution >= 0.6 is 0 Å². The second-order valence-electron chi connectivity index (χ2n) is 7.60. The fourth-order valence-electron chi connectivity index (χ4n) is 3.92. The molecule has 0 amide bonds. The van der Waals surface area contributed by atoms with Crippen LogP contribution in [0.1, 0.15) is 28.5 Å². The molecule has 29 heavy (non-hydrogen) atoms. The van der Waals surface area contributed by atoms with Crippen LogP contribution in [-0.2, 0) is 20.5 Å². The third-order valence-electron chi connectivity index (χ3n) is 5.48. The SMILES string of the molecule is Cc1ccc(S(=O)(=O)N2C[C@]3(c4ccccc4)Oc4cc(C)ccc4[C@H]2O3)cc1. The van der Waals surface area contributed by atoms with E-state index < -0.39 is 22.0 Å². The summed E-state index contributed by atoms with van der Waals surface area (Å²) < 4.78 is 41.1. The van der Waals surface area contributed by atoms with Gasteiger partial charge in [-0.05, 0) is 37.6 Å². The second kappa shape index (κ2) is 6.42. The number of fused-ring (bicyclic) bond motifs is 4. The molecule has 5 nitrogen and oxygen atoms in total. The molecule has 0 N–H and O–H groups in total. The van der Waals surface area contributed by atoms with Crippen LogP contribution in [0.4, 0.5) is 0 Å². The summed E-state index contributed by atoms with van der Waals surface area (Å²) >= 11 is 0. The van der Waals surface area contributed by atoms with Crippen LogP contribution < -0.4 is 4.74 Å². The number of nitrogens with zero attached hydrogens (tertiary/aromatic N) is 1. The highest BCUT2D eigenvalue weighted by Crippen LogP contribution is 2.52. The van der Waals surface area contributed by atoms with Crippen LogP contribution in [0.25, 0.3) is 0 Å². The average Bonchev–Trinajstić information content (AvgIpc) is 3.04. The van der Waals surface area contributed by atoms with Gasteiger partial charge in [-0.25, -0.2) is 8.42 Å². The summed E-state index contributed by atoms with van der Waals surface area (Å²) in [5.41, 5.74) is 3.56.